The lowest BCUT2D eigenvalue weighted by Crippen LogP contribution is -2.52. The fourth-order valence-electron chi connectivity index (χ4n) is 2.05. The Hall–Kier alpha value is -0.590. The molecule has 13 heavy (non-hydrogen) atoms. The van der Waals surface area contributed by atoms with Crippen LogP contribution in [0, 0.1) is 22.7 Å². The molecule has 1 heterocycles. The lowest BCUT2D eigenvalue weighted by molar-refractivity contribution is -0.301. The molecule has 2 fully saturated rings. The fraction of sp³-hybridized carbons (Fsp3) is 0.900. The molecule has 0 unspecified atom stereocenters. The second-order valence-corrected chi connectivity index (χ2v) is 4.71. The normalized spacial score (nSPS) is 30.8. The van der Waals surface area contributed by atoms with Gasteiger partial charge in [-0.05, 0) is 26.7 Å². The van der Waals surface area contributed by atoms with E-state index in [4.69, 9.17) is 14.7 Å². The molecule has 1 saturated heterocycles. The van der Waals surface area contributed by atoms with Gasteiger partial charge in [0, 0.05) is 11.3 Å². The first-order chi connectivity index (χ1) is 6.05. The lowest BCUT2D eigenvalue weighted by Gasteiger charge is -2.50. The van der Waals surface area contributed by atoms with Gasteiger partial charge in [-0.25, -0.2) is 0 Å². The topological polar surface area (TPSA) is 42.2 Å². The maximum absolute atomic E-state index is 8.67. The molecule has 0 aromatic rings. The largest absolute Gasteiger partial charge is 0.350 e. The summed E-state index contributed by atoms with van der Waals surface area (Å²) in [4.78, 5) is 0. The average Bonchev–Trinajstić information content (AvgIpc) is 2.01. The molecular formula is C10H15NO2. The zero-order valence-corrected chi connectivity index (χ0v) is 8.17. The molecule has 0 aromatic heterocycles. The van der Waals surface area contributed by atoms with Gasteiger partial charge in [-0.3, -0.25) is 0 Å². The van der Waals surface area contributed by atoms with Crippen LogP contribution in [-0.2, 0) is 9.47 Å². The molecule has 0 radical (unpaired) electrons. The second-order valence-electron chi connectivity index (χ2n) is 4.71. The Morgan fingerprint density at radius 3 is 2.23 bits per heavy atom. The molecule has 72 valence electrons. The summed E-state index contributed by atoms with van der Waals surface area (Å²) in [5, 5.41) is 8.67. The standard InChI is InChI=1S/C10H15NO2/c1-9(2)12-6-10(7-13-9)3-8(4-10)5-11/h8H,3-4,6-7H2,1-2H3. The predicted octanol–water partition coefficient (Wildman–Crippen LogP) is 1.69. The third-order valence-electron chi connectivity index (χ3n) is 2.99. The number of hydrogen-bond donors (Lipinski definition) is 0. The average molecular weight is 181 g/mol. The van der Waals surface area contributed by atoms with Crippen LogP contribution in [0.2, 0.25) is 0 Å². The number of nitrogens with zero attached hydrogens (tertiary/aromatic N) is 1. The molecular weight excluding hydrogens is 166 g/mol. The fourth-order valence-corrected chi connectivity index (χ4v) is 2.05. The monoisotopic (exact) mass is 181 g/mol. The van der Waals surface area contributed by atoms with Crippen LogP contribution in [0.3, 0.4) is 0 Å². The lowest BCUT2D eigenvalue weighted by atomic mass is 9.63. The van der Waals surface area contributed by atoms with E-state index in [0.29, 0.717) is 0 Å². The van der Waals surface area contributed by atoms with E-state index in [1.807, 2.05) is 13.8 Å². The zero-order valence-electron chi connectivity index (χ0n) is 8.17. The molecule has 2 aliphatic rings. The van der Waals surface area contributed by atoms with Crippen molar-refractivity contribution >= 4 is 0 Å². The summed E-state index contributed by atoms with van der Waals surface area (Å²) in [5.74, 6) is -0.198. The minimum Gasteiger partial charge on any atom is -0.350 e. The van der Waals surface area contributed by atoms with Crippen molar-refractivity contribution in [2.75, 3.05) is 13.2 Å². The van der Waals surface area contributed by atoms with Gasteiger partial charge in [0.1, 0.15) is 0 Å². The van der Waals surface area contributed by atoms with Crippen molar-refractivity contribution in [3.63, 3.8) is 0 Å². The first kappa shape index (κ1) is 8.98. The Kier molecular flexibility index (Phi) is 1.86. The summed E-state index contributed by atoms with van der Waals surface area (Å²) in [7, 11) is 0. The van der Waals surface area contributed by atoms with Gasteiger partial charge < -0.3 is 9.47 Å². The highest BCUT2D eigenvalue weighted by Crippen LogP contribution is 2.48. The van der Waals surface area contributed by atoms with Crippen LogP contribution >= 0.6 is 0 Å². The van der Waals surface area contributed by atoms with Crippen molar-refractivity contribution in [3.05, 3.63) is 0 Å². The number of hydrogen-bond acceptors (Lipinski definition) is 3. The van der Waals surface area contributed by atoms with E-state index in [2.05, 4.69) is 6.07 Å². The van der Waals surface area contributed by atoms with Crippen LogP contribution in [0.4, 0.5) is 0 Å². The van der Waals surface area contributed by atoms with Crippen LogP contribution in [0.5, 0.6) is 0 Å². The van der Waals surface area contributed by atoms with Gasteiger partial charge in [0.2, 0.25) is 0 Å². The summed E-state index contributed by atoms with van der Waals surface area (Å²) >= 11 is 0. The van der Waals surface area contributed by atoms with Gasteiger partial charge >= 0.3 is 0 Å². The summed E-state index contributed by atoms with van der Waals surface area (Å²) in [5.41, 5.74) is 0.163. The third kappa shape index (κ3) is 1.56. The van der Waals surface area contributed by atoms with E-state index in [1.165, 1.54) is 0 Å². The zero-order chi connectivity index (χ0) is 9.53. The summed E-state index contributed by atoms with van der Waals surface area (Å²) in [6.07, 6.45) is 1.89. The van der Waals surface area contributed by atoms with E-state index >= 15 is 0 Å². The molecule has 3 heteroatoms. The second kappa shape index (κ2) is 2.70. The van der Waals surface area contributed by atoms with Gasteiger partial charge in [-0.15, -0.1) is 0 Å². The Morgan fingerprint density at radius 2 is 1.77 bits per heavy atom. The molecule has 0 N–H and O–H groups in total. The minimum absolute atomic E-state index is 0.163. The Bertz CT molecular complexity index is 236. The van der Waals surface area contributed by atoms with Crippen molar-refractivity contribution < 1.29 is 9.47 Å². The maximum atomic E-state index is 8.67. The molecule has 0 aromatic carbocycles. The van der Waals surface area contributed by atoms with Crippen molar-refractivity contribution in [2.45, 2.75) is 32.5 Å². The van der Waals surface area contributed by atoms with E-state index in [1.54, 1.807) is 0 Å². The van der Waals surface area contributed by atoms with Crippen LogP contribution in [0.25, 0.3) is 0 Å². The van der Waals surface area contributed by atoms with Crippen LogP contribution in [0.1, 0.15) is 26.7 Å². The van der Waals surface area contributed by atoms with E-state index in [0.717, 1.165) is 26.1 Å². The van der Waals surface area contributed by atoms with Gasteiger partial charge in [0.25, 0.3) is 0 Å². The van der Waals surface area contributed by atoms with Gasteiger partial charge in [-0.2, -0.15) is 5.26 Å². The molecule has 1 spiro atoms. The third-order valence-corrected chi connectivity index (χ3v) is 2.99. The number of nitriles is 1. The Morgan fingerprint density at radius 1 is 1.23 bits per heavy atom. The molecule has 1 aliphatic heterocycles. The van der Waals surface area contributed by atoms with Gasteiger partial charge in [0.05, 0.1) is 19.3 Å². The van der Waals surface area contributed by atoms with Crippen LogP contribution in [0.15, 0.2) is 0 Å². The Balaban J connectivity index is 1.90. The van der Waals surface area contributed by atoms with Crippen molar-refractivity contribution in [1.29, 1.82) is 5.26 Å². The molecule has 1 saturated carbocycles. The quantitative estimate of drug-likeness (QED) is 0.571. The van der Waals surface area contributed by atoms with Gasteiger partial charge in [-0.1, -0.05) is 0 Å². The van der Waals surface area contributed by atoms with Gasteiger partial charge in [0.15, 0.2) is 5.79 Å². The highest BCUT2D eigenvalue weighted by atomic mass is 16.7. The van der Waals surface area contributed by atoms with E-state index in [-0.39, 0.29) is 11.3 Å². The molecule has 3 nitrogen and oxygen atoms in total. The van der Waals surface area contributed by atoms with Crippen LogP contribution in [-0.4, -0.2) is 19.0 Å². The smallest absolute Gasteiger partial charge is 0.162 e. The molecule has 2 rings (SSSR count). The highest BCUT2D eigenvalue weighted by Gasteiger charge is 2.49. The van der Waals surface area contributed by atoms with Crippen molar-refractivity contribution in [3.8, 4) is 6.07 Å². The molecule has 0 atom stereocenters. The van der Waals surface area contributed by atoms with Crippen LogP contribution < -0.4 is 0 Å². The highest BCUT2D eigenvalue weighted by molar-refractivity contribution is 5.03. The maximum Gasteiger partial charge on any atom is 0.162 e. The summed E-state index contributed by atoms with van der Waals surface area (Å²) in [6.45, 7) is 5.36. The predicted molar refractivity (Wildman–Crippen MR) is 46.8 cm³/mol. The van der Waals surface area contributed by atoms with Crippen molar-refractivity contribution in [2.24, 2.45) is 11.3 Å². The molecule has 0 amide bonds. The molecule has 0 bridgehead atoms. The minimum atomic E-state index is -0.428. The first-order valence-electron chi connectivity index (χ1n) is 4.73. The van der Waals surface area contributed by atoms with E-state index < -0.39 is 5.79 Å². The van der Waals surface area contributed by atoms with Crippen molar-refractivity contribution in [1.82, 2.24) is 0 Å². The molecule has 1 aliphatic carbocycles. The summed E-state index contributed by atoms with van der Waals surface area (Å²) < 4.78 is 11.2. The number of ether oxygens (including phenoxy) is 2. The first-order valence-corrected chi connectivity index (χ1v) is 4.73. The Labute approximate surface area is 78.6 Å². The summed E-state index contributed by atoms with van der Waals surface area (Å²) in [6, 6.07) is 2.28. The SMILES string of the molecule is CC1(C)OCC2(CO1)CC(C#N)C2. The van der Waals surface area contributed by atoms with E-state index in [9.17, 15) is 0 Å². The number of rotatable bonds is 0.